The van der Waals surface area contributed by atoms with E-state index in [2.05, 4.69) is 31.4 Å². The quantitative estimate of drug-likeness (QED) is 0.743. The molecule has 126 valence electrons. The Morgan fingerprint density at radius 1 is 1.13 bits per heavy atom. The Hall–Kier alpha value is -1.37. The van der Waals surface area contributed by atoms with Crippen molar-refractivity contribution in [3.63, 3.8) is 0 Å². The van der Waals surface area contributed by atoms with Gasteiger partial charge >= 0.3 is 5.97 Å². The molecule has 0 aromatic carbocycles. The molecule has 0 spiro atoms. The highest BCUT2D eigenvalue weighted by Crippen LogP contribution is 2.42. The van der Waals surface area contributed by atoms with E-state index >= 15 is 0 Å². The molecule has 7 heteroatoms. The molecule has 0 aliphatic heterocycles. The molecule has 2 fully saturated rings. The number of carbonyl (C=O) groups excluding carboxylic acids is 1. The Labute approximate surface area is 143 Å². The molecule has 2 atom stereocenters. The minimum Gasteiger partial charge on any atom is -0.481 e. The Bertz CT molecular complexity index is 597. The number of aromatic amines is 1. The average molecular weight is 384 g/mol. The van der Waals surface area contributed by atoms with E-state index in [0.717, 1.165) is 48.7 Å². The molecule has 23 heavy (non-hydrogen) atoms. The van der Waals surface area contributed by atoms with Crippen LogP contribution in [0.25, 0.3) is 0 Å². The number of nitrogens with zero attached hydrogens (tertiary/aromatic N) is 1. The molecule has 2 aliphatic rings. The van der Waals surface area contributed by atoms with Gasteiger partial charge in [-0.3, -0.25) is 14.7 Å². The number of H-pyrrole nitrogens is 1. The van der Waals surface area contributed by atoms with Crippen LogP contribution >= 0.6 is 15.9 Å². The number of carbonyl (C=O) groups is 2. The van der Waals surface area contributed by atoms with Crippen molar-refractivity contribution in [1.29, 1.82) is 0 Å². The minimum atomic E-state index is -0.822. The van der Waals surface area contributed by atoms with Crippen molar-refractivity contribution in [2.75, 3.05) is 0 Å². The van der Waals surface area contributed by atoms with E-state index in [1.807, 2.05) is 0 Å². The van der Waals surface area contributed by atoms with Crippen molar-refractivity contribution in [3.8, 4) is 0 Å². The van der Waals surface area contributed by atoms with Gasteiger partial charge in [-0.15, -0.1) is 0 Å². The highest BCUT2D eigenvalue weighted by Gasteiger charge is 2.33. The maximum absolute atomic E-state index is 12.5. The van der Waals surface area contributed by atoms with Crippen LogP contribution in [0.4, 0.5) is 0 Å². The van der Waals surface area contributed by atoms with E-state index in [-0.39, 0.29) is 11.9 Å². The van der Waals surface area contributed by atoms with Crippen LogP contribution in [0.3, 0.4) is 0 Å². The Balaban J connectivity index is 1.72. The van der Waals surface area contributed by atoms with Gasteiger partial charge in [0.25, 0.3) is 5.91 Å². The Kier molecular flexibility index (Phi) is 5.04. The first kappa shape index (κ1) is 16.5. The first-order valence-electron chi connectivity index (χ1n) is 8.35. The summed E-state index contributed by atoms with van der Waals surface area (Å²) in [6.45, 7) is 0. The molecule has 3 N–H and O–H groups in total. The summed E-state index contributed by atoms with van der Waals surface area (Å²) in [5.41, 5.74) is 1.31. The maximum atomic E-state index is 12.5. The van der Waals surface area contributed by atoms with Crippen LogP contribution in [0.1, 0.15) is 73.5 Å². The minimum absolute atomic E-state index is 0.295. The lowest BCUT2D eigenvalue weighted by molar-refractivity contribution is -0.143. The van der Waals surface area contributed by atoms with Gasteiger partial charge < -0.3 is 10.4 Å². The van der Waals surface area contributed by atoms with Crippen LogP contribution in [0.2, 0.25) is 0 Å². The van der Waals surface area contributed by atoms with E-state index < -0.39 is 11.9 Å². The van der Waals surface area contributed by atoms with Gasteiger partial charge in [-0.05, 0) is 41.6 Å². The van der Waals surface area contributed by atoms with Gasteiger partial charge in [0.05, 0.1) is 16.1 Å². The lowest BCUT2D eigenvalue weighted by Crippen LogP contribution is -2.44. The first-order chi connectivity index (χ1) is 11.1. The number of rotatable bonds is 4. The van der Waals surface area contributed by atoms with E-state index in [9.17, 15) is 14.7 Å². The molecule has 0 saturated heterocycles. The number of hydrogen-bond acceptors (Lipinski definition) is 3. The standard InChI is InChI=1S/C16H22BrN3O3/c17-12-13(9-7-8-9)19-20-14(12)15(21)18-11-6-4-2-1-3-5-10(11)16(22)23/h9-11H,1-8H2,(H,18,21)(H,19,20)(H,22,23). The van der Waals surface area contributed by atoms with Crippen molar-refractivity contribution < 1.29 is 14.7 Å². The molecular formula is C16H22BrN3O3. The van der Waals surface area contributed by atoms with Crippen LogP contribution in [0.5, 0.6) is 0 Å². The van der Waals surface area contributed by atoms with Gasteiger partial charge in [0.15, 0.2) is 5.69 Å². The summed E-state index contributed by atoms with van der Waals surface area (Å²) in [5, 5.41) is 19.4. The topological polar surface area (TPSA) is 95.1 Å². The zero-order valence-electron chi connectivity index (χ0n) is 13.0. The predicted molar refractivity (Wildman–Crippen MR) is 88.3 cm³/mol. The van der Waals surface area contributed by atoms with Crippen LogP contribution in [-0.4, -0.2) is 33.2 Å². The number of amides is 1. The molecule has 1 heterocycles. The van der Waals surface area contributed by atoms with E-state index in [1.165, 1.54) is 0 Å². The van der Waals surface area contributed by atoms with Gasteiger partial charge in [-0.1, -0.05) is 25.7 Å². The SMILES string of the molecule is O=C(NC1CCCCCCC1C(=O)O)c1n[nH]c(C2CC2)c1Br. The van der Waals surface area contributed by atoms with Crippen molar-refractivity contribution in [1.82, 2.24) is 15.5 Å². The summed E-state index contributed by atoms with van der Waals surface area (Å²) in [7, 11) is 0. The molecule has 1 aromatic rings. The zero-order chi connectivity index (χ0) is 16.4. The predicted octanol–water partition coefficient (Wildman–Crippen LogP) is 3.20. The number of aliphatic carboxylic acids is 1. The van der Waals surface area contributed by atoms with Crippen molar-refractivity contribution >= 4 is 27.8 Å². The second-order valence-electron chi connectivity index (χ2n) is 6.59. The molecule has 3 rings (SSSR count). The fraction of sp³-hybridized carbons (Fsp3) is 0.688. The number of carboxylic acids is 1. The average Bonchev–Trinajstić information content (AvgIpc) is 3.24. The van der Waals surface area contributed by atoms with E-state index in [4.69, 9.17) is 0 Å². The summed E-state index contributed by atoms with van der Waals surface area (Å²) in [6.07, 6.45) is 7.58. The maximum Gasteiger partial charge on any atom is 0.308 e. The van der Waals surface area contributed by atoms with Gasteiger partial charge in [-0.25, -0.2) is 0 Å². The number of hydrogen-bond donors (Lipinski definition) is 3. The third-order valence-electron chi connectivity index (χ3n) is 4.83. The third kappa shape index (κ3) is 3.76. The summed E-state index contributed by atoms with van der Waals surface area (Å²) >= 11 is 3.46. The lowest BCUT2D eigenvalue weighted by Gasteiger charge is -2.27. The molecule has 6 nitrogen and oxygen atoms in total. The van der Waals surface area contributed by atoms with Crippen molar-refractivity contribution in [2.24, 2.45) is 5.92 Å². The fourth-order valence-electron chi connectivity index (χ4n) is 3.32. The number of carboxylic acid groups (broad SMARTS) is 1. The molecule has 2 saturated carbocycles. The normalized spacial score (nSPS) is 25.4. The van der Waals surface area contributed by atoms with Crippen LogP contribution in [-0.2, 0) is 4.79 Å². The molecule has 0 bridgehead atoms. The Morgan fingerprint density at radius 2 is 1.83 bits per heavy atom. The molecule has 1 amide bonds. The molecule has 2 unspecified atom stereocenters. The summed E-state index contributed by atoms with van der Waals surface area (Å²) < 4.78 is 0.718. The van der Waals surface area contributed by atoms with Crippen LogP contribution in [0.15, 0.2) is 4.47 Å². The molecular weight excluding hydrogens is 362 g/mol. The highest BCUT2D eigenvalue weighted by molar-refractivity contribution is 9.10. The summed E-state index contributed by atoms with van der Waals surface area (Å²) in [6, 6.07) is -0.326. The van der Waals surface area contributed by atoms with Gasteiger partial charge in [0.2, 0.25) is 0 Å². The first-order valence-corrected chi connectivity index (χ1v) is 9.14. The highest BCUT2D eigenvalue weighted by atomic mass is 79.9. The Morgan fingerprint density at radius 3 is 2.48 bits per heavy atom. The van der Waals surface area contributed by atoms with Gasteiger partial charge in [-0.2, -0.15) is 5.10 Å². The van der Waals surface area contributed by atoms with E-state index in [1.54, 1.807) is 0 Å². The van der Waals surface area contributed by atoms with Crippen molar-refractivity contribution in [3.05, 3.63) is 15.9 Å². The van der Waals surface area contributed by atoms with Crippen molar-refractivity contribution in [2.45, 2.75) is 63.3 Å². The van der Waals surface area contributed by atoms with Gasteiger partial charge in [0, 0.05) is 12.0 Å². The summed E-state index contributed by atoms with van der Waals surface area (Å²) in [4.78, 5) is 24.1. The summed E-state index contributed by atoms with van der Waals surface area (Å²) in [5.74, 6) is -1.17. The molecule has 1 aromatic heterocycles. The smallest absolute Gasteiger partial charge is 0.308 e. The number of nitrogens with one attached hydrogen (secondary N) is 2. The molecule has 2 aliphatic carbocycles. The second-order valence-corrected chi connectivity index (χ2v) is 7.38. The monoisotopic (exact) mass is 383 g/mol. The third-order valence-corrected chi connectivity index (χ3v) is 5.64. The van der Waals surface area contributed by atoms with Crippen LogP contribution < -0.4 is 5.32 Å². The number of aromatic nitrogens is 2. The fourth-order valence-corrected chi connectivity index (χ4v) is 4.01. The largest absolute Gasteiger partial charge is 0.481 e. The van der Waals surface area contributed by atoms with Gasteiger partial charge in [0.1, 0.15) is 0 Å². The zero-order valence-corrected chi connectivity index (χ0v) is 14.6. The second kappa shape index (κ2) is 7.03. The number of halogens is 1. The van der Waals surface area contributed by atoms with E-state index in [0.29, 0.717) is 24.5 Å². The molecule has 0 radical (unpaired) electrons. The van der Waals surface area contributed by atoms with Crippen LogP contribution in [0, 0.1) is 5.92 Å². The lowest BCUT2D eigenvalue weighted by atomic mass is 9.86.